The average molecular weight is 205 g/mol. The molecule has 72 valence electrons. The van der Waals surface area contributed by atoms with Crippen molar-refractivity contribution in [1.82, 2.24) is 9.97 Å². The van der Waals surface area contributed by atoms with Gasteiger partial charge < -0.3 is 5.73 Å². The molecule has 0 aliphatic carbocycles. The van der Waals surface area contributed by atoms with E-state index in [0.29, 0.717) is 0 Å². The standard InChI is InChI=1S/C5H7N3O4S/c1-12-13(10,11)3-2-7-5(9)8-4(3)6/h2H,1H3,(H3,6,7,8,9). The van der Waals surface area contributed by atoms with Crippen LogP contribution in [0, 0.1) is 0 Å². The third kappa shape index (κ3) is 1.84. The number of aromatic nitrogens is 2. The van der Waals surface area contributed by atoms with E-state index in [-0.39, 0.29) is 10.7 Å². The molecular formula is C5H7N3O4S. The summed E-state index contributed by atoms with van der Waals surface area (Å²) in [6.07, 6.45) is 0.840. The topological polar surface area (TPSA) is 115 Å². The molecular weight excluding hydrogens is 198 g/mol. The lowest BCUT2D eigenvalue weighted by Gasteiger charge is -2.02. The lowest BCUT2D eigenvalue weighted by atomic mass is 10.6. The second-order valence-corrected chi connectivity index (χ2v) is 3.77. The maximum absolute atomic E-state index is 11.1. The third-order valence-corrected chi connectivity index (χ3v) is 2.60. The zero-order valence-electron chi connectivity index (χ0n) is 6.64. The minimum atomic E-state index is -3.90. The van der Waals surface area contributed by atoms with Crippen LogP contribution in [0.1, 0.15) is 0 Å². The van der Waals surface area contributed by atoms with Crippen molar-refractivity contribution < 1.29 is 12.6 Å². The lowest BCUT2D eigenvalue weighted by molar-refractivity contribution is 0.397. The van der Waals surface area contributed by atoms with Gasteiger partial charge in [0.05, 0.1) is 13.3 Å². The van der Waals surface area contributed by atoms with E-state index in [1.807, 2.05) is 4.98 Å². The molecule has 8 heteroatoms. The Morgan fingerprint density at radius 2 is 2.23 bits per heavy atom. The van der Waals surface area contributed by atoms with Gasteiger partial charge in [-0.1, -0.05) is 0 Å². The number of nitrogens with two attached hydrogens (primary N) is 1. The van der Waals surface area contributed by atoms with Crippen molar-refractivity contribution in [3.05, 3.63) is 16.7 Å². The van der Waals surface area contributed by atoms with Gasteiger partial charge in [-0.05, 0) is 0 Å². The Kier molecular flexibility index (Phi) is 2.34. The largest absolute Gasteiger partial charge is 0.384 e. The summed E-state index contributed by atoms with van der Waals surface area (Å²) in [6.45, 7) is 0. The Morgan fingerprint density at radius 3 is 2.69 bits per heavy atom. The highest BCUT2D eigenvalue weighted by Gasteiger charge is 2.17. The van der Waals surface area contributed by atoms with Crippen LogP contribution in [0.3, 0.4) is 0 Å². The molecule has 0 spiro atoms. The molecule has 0 radical (unpaired) electrons. The maximum atomic E-state index is 11.1. The molecule has 0 aromatic carbocycles. The number of hydrogen-bond acceptors (Lipinski definition) is 6. The summed E-state index contributed by atoms with van der Waals surface area (Å²) >= 11 is 0. The van der Waals surface area contributed by atoms with E-state index in [9.17, 15) is 13.2 Å². The first-order valence-electron chi connectivity index (χ1n) is 3.13. The van der Waals surface area contributed by atoms with Crippen LogP contribution in [0.15, 0.2) is 15.9 Å². The molecule has 0 atom stereocenters. The van der Waals surface area contributed by atoms with Gasteiger partial charge in [0.25, 0.3) is 0 Å². The SMILES string of the molecule is COS(=O)(=O)c1cnc(=O)[nH]c1N. The van der Waals surface area contributed by atoms with Crippen molar-refractivity contribution >= 4 is 15.9 Å². The van der Waals surface area contributed by atoms with Crippen LogP contribution >= 0.6 is 0 Å². The molecule has 1 aromatic rings. The maximum Gasteiger partial charge on any atom is 0.346 e. The summed E-state index contributed by atoms with van der Waals surface area (Å²) in [6, 6.07) is 0. The van der Waals surface area contributed by atoms with Crippen LogP contribution in [0.5, 0.6) is 0 Å². The summed E-state index contributed by atoms with van der Waals surface area (Å²) in [5.74, 6) is -0.290. The fourth-order valence-electron chi connectivity index (χ4n) is 0.685. The van der Waals surface area contributed by atoms with Crippen LogP contribution in [-0.4, -0.2) is 25.5 Å². The summed E-state index contributed by atoms with van der Waals surface area (Å²) in [5, 5.41) is 0. The van der Waals surface area contributed by atoms with Crippen LogP contribution in [0.4, 0.5) is 5.82 Å². The van der Waals surface area contributed by atoms with E-state index in [2.05, 4.69) is 9.17 Å². The van der Waals surface area contributed by atoms with Crippen molar-refractivity contribution in [2.45, 2.75) is 4.90 Å². The molecule has 1 aromatic heterocycles. The Bertz CT molecular complexity index is 463. The van der Waals surface area contributed by atoms with Gasteiger partial charge in [-0.2, -0.15) is 8.42 Å². The van der Waals surface area contributed by atoms with Crippen LogP contribution in [-0.2, 0) is 14.3 Å². The van der Waals surface area contributed by atoms with Crippen molar-refractivity contribution in [1.29, 1.82) is 0 Å². The Balaban J connectivity index is 3.41. The second-order valence-electron chi connectivity index (χ2n) is 2.09. The molecule has 0 saturated carbocycles. The molecule has 0 bridgehead atoms. The van der Waals surface area contributed by atoms with Crippen molar-refractivity contribution in [2.24, 2.45) is 0 Å². The molecule has 0 fully saturated rings. The van der Waals surface area contributed by atoms with E-state index >= 15 is 0 Å². The van der Waals surface area contributed by atoms with Gasteiger partial charge in [0.15, 0.2) is 4.90 Å². The predicted molar refractivity (Wildman–Crippen MR) is 43.5 cm³/mol. The lowest BCUT2D eigenvalue weighted by Crippen LogP contribution is -2.17. The second kappa shape index (κ2) is 3.15. The van der Waals surface area contributed by atoms with E-state index < -0.39 is 15.8 Å². The number of nitrogen functional groups attached to an aromatic ring is 1. The Morgan fingerprint density at radius 1 is 1.62 bits per heavy atom. The van der Waals surface area contributed by atoms with Crippen LogP contribution in [0.2, 0.25) is 0 Å². The average Bonchev–Trinajstić information content (AvgIpc) is 2.03. The first-order valence-corrected chi connectivity index (χ1v) is 4.53. The molecule has 1 rings (SSSR count). The van der Waals surface area contributed by atoms with Gasteiger partial charge in [-0.3, -0.25) is 9.17 Å². The minimum absolute atomic E-state index is 0.290. The summed E-state index contributed by atoms with van der Waals surface area (Å²) in [4.78, 5) is 15.5. The predicted octanol–water partition coefficient (Wildman–Crippen LogP) is -1.31. The van der Waals surface area contributed by atoms with Gasteiger partial charge >= 0.3 is 15.8 Å². The molecule has 0 saturated heterocycles. The normalized spacial score (nSPS) is 11.5. The summed E-state index contributed by atoms with van der Waals surface area (Å²) in [5.41, 5.74) is 4.51. The molecule has 1 heterocycles. The number of anilines is 1. The molecule has 3 N–H and O–H groups in total. The van der Waals surface area contributed by atoms with Crippen LogP contribution in [0.25, 0.3) is 0 Å². The van der Waals surface area contributed by atoms with E-state index in [0.717, 1.165) is 13.3 Å². The van der Waals surface area contributed by atoms with Gasteiger partial charge in [0.1, 0.15) is 5.82 Å². The highest BCUT2D eigenvalue weighted by molar-refractivity contribution is 7.86. The number of aromatic amines is 1. The van der Waals surface area contributed by atoms with E-state index in [4.69, 9.17) is 5.73 Å². The van der Waals surface area contributed by atoms with Gasteiger partial charge in [0, 0.05) is 0 Å². The molecule has 0 unspecified atom stereocenters. The number of nitrogens with one attached hydrogen (secondary N) is 1. The van der Waals surface area contributed by atoms with Crippen molar-refractivity contribution in [2.75, 3.05) is 12.8 Å². The molecule has 0 amide bonds. The summed E-state index contributed by atoms with van der Waals surface area (Å²) < 4.78 is 26.3. The zero-order chi connectivity index (χ0) is 10.1. The highest BCUT2D eigenvalue weighted by Crippen LogP contribution is 2.13. The Labute approximate surface area is 73.7 Å². The minimum Gasteiger partial charge on any atom is -0.384 e. The quantitative estimate of drug-likeness (QED) is 0.579. The fourth-order valence-corrected chi connectivity index (χ4v) is 1.37. The first-order chi connectivity index (χ1) is 5.97. The number of rotatable bonds is 2. The number of hydrogen-bond donors (Lipinski definition) is 2. The van der Waals surface area contributed by atoms with E-state index in [1.165, 1.54) is 0 Å². The first kappa shape index (κ1) is 9.68. The molecule has 0 aliphatic rings. The van der Waals surface area contributed by atoms with Gasteiger partial charge in [-0.25, -0.2) is 9.78 Å². The Hall–Kier alpha value is -1.41. The van der Waals surface area contributed by atoms with Gasteiger partial charge in [-0.15, -0.1) is 0 Å². The fraction of sp³-hybridized carbons (Fsp3) is 0.200. The zero-order valence-corrected chi connectivity index (χ0v) is 7.46. The molecule has 7 nitrogen and oxygen atoms in total. The van der Waals surface area contributed by atoms with Crippen molar-refractivity contribution in [3.8, 4) is 0 Å². The highest BCUT2D eigenvalue weighted by atomic mass is 32.2. The van der Waals surface area contributed by atoms with Crippen LogP contribution < -0.4 is 11.4 Å². The van der Waals surface area contributed by atoms with Gasteiger partial charge in [0.2, 0.25) is 0 Å². The number of nitrogens with zero attached hydrogens (tertiary/aromatic N) is 1. The third-order valence-electron chi connectivity index (χ3n) is 1.29. The monoisotopic (exact) mass is 205 g/mol. The summed E-state index contributed by atoms with van der Waals surface area (Å²) in [7, 11) is -2.92. The van der Waals surface area contributed by atoms with E-state index in [1.54, 1.807) is 0 Å². The smallest absolute Gasteiger partial charge is 0.346 e. The van der Waals surface area contributed by atoms with Crippen molar-refractivity contribution in [3.63, 3.8) is 0 Å². The molecule has 13 heavy (non-hydrogen) atoms. The number of H-pyrrole nitrogens is 1. The molecule has 0 aliphatic heterocycles.